The van der Waals surface area contributed by atoms with Crippen LogP contribution in [0.4, 0.5) is 0 Å². The summed E-state index contributed by atoms with van der Waals surface area (Å²) >= 11 is 0. The first kappa shape index (κ1) is 19.6. The van der Waals surface area contributed by atoms with Crippen LogP contribution in [0.15, 0.2) is 107 Å². The first-order chi connectivity index (χ1) is 15.5. The molecule has 0 aliphatic carbocycles. The summed E-state index contributed by atoms with van der Waals surface area (Å²) < 4.78 is 5.79. The second kappa shape index (κ2) is 7.73. The van der Waals surface area contributed by atoms with Crippen LogP contribution in [-0.2, 0) is 0 Å². The molecule has 0 saturated heterocycles. The number of carbonyl (C=O) groups is 1. The van der Waals surface area contributed by atoms with Crippen LogP contribution in [0, 0.1) is 0 Å². The number of para-hydroxylation sites is 1. The van der Waals surface area contributed by atoms with Gasteiger partial charge in [0.2, 0.25) is 11.6 Å². The van der Waals surface area contributed by atoms with Crippen LogP contribution in [0.3, 0.4) is 0 Å². The highest BCUT2D eigenvalue weighted by Gasteiger charge is 2.44. The summed E-state index contributed by atoms with van der Waals surface area (Å²) in [6.07, 6.45) is 5.15. The molecule has 0 bridgehead atoms. The predicted molar refractivity (Wildman–Crippen MR) is 123 cm³/mol. The molecule has 0 spiro atoms. The van der Waals surface area contributed by atoms with E-state index in [9.17, 15) is 4.79 Å². The topological polar surface area (TPSA) is 103 Å². The van der Waals surface area contributed by atoms with E-state index < -0.39 is 5.91 Å². The van der Waals surface area contributed by atoms with Gasteiger partial charge in [-0.3, -0.25) is 9.79 Å². The maximum Gasteiger partial charge on any atom is 0.265 e. The van der Waals surface area contributed by atoms with Crippen molar-refractivity contribution < 1.29 is 14.1 Å². The van der Waals surface area contributed by atoms with Crippen molar-refractivity contribution in [1.82, 2.24) is 0 Å². The largest absolute Gasteiger partial charge is 0.457 e. The Morgan fingerprint density at radius 2 is 1.50 bits per heavy atom. The van der Waals surface area contributed by atoms with E-state index in [4.69, 9.17) is 21.3 Å². The average molecular weight is 422 g/mol. The molecule has 4 N–H and O–H groups in total. The van der Waals surface area contributed by atoms with Gasteiger partial charge in [0.05, 0.1) is 18.0 Å². The third-order valence-electron chi connectivity index (χ3n) is 5.33. The van der Waals surface area contributed by atoms with Crippen molar-refractivity contribution in [3.05, 3.63) is 114 Å². The number of hydrogen-bond donors (Lipinski definition) is 2. The zero-order valence-corrected chi connectivity index (χ0v) is 17.1. The van der Waals surface area contributed by atoms with Gasteiger partial charge < -0.3 is 10.5 Å². The first-order valence-corrected chi connectivity index (χ1v) is 10.0. The molecule has 156 valence electrons. The van der Waals surface area contributed by atoms with E-state index in [1.807, 2.05) is 66.7 Å². The molecule has 1 amide bonds. The summed E-state index contributed by atoms with van der Waals surface area (Å²) in [6, 6.07) is 24.2. The number of rotatable bonds is 5. The fraction of sp³-hybridized carbons (Fsp3) is 0. The first-order valence-electron chi connectivity index (χ1n) is 10.0. The lowest BCUT2D eigenvalue weighted by atomic mass is 10.1. The second-order valence-corrected chi connectivity index (χ2v) is 7.40. The van der Waals surface area contributed by atoms with Gasteiger partial charge in [-0.05, 0) is 48.5 Å². The average Bonchev–Trinajstić information content (AvgIpc) is 3.13. The van der Waals surface area contributed by atoms with Gasteiger partial charge in [-0.1, -0.05) is 30.3 Å². The smallest absolute Gasteiger partial charge is 0.265 e. The molecule has 7 heteroatoms. The Bertz CT molecular complexity index is 1310. The SMILES string of the molecule is NC(=O)c1ccc(C2=C3C=NC=C[N+]3(N)C(c3ccc(Oc4ccccc4)cc3)=N2)cc1. The molecule has 2 heterocycles. The molecule has 1 unspecified atom stereocenters. The Labute approximate surface area is 184 Å². The third kappa shape index (κ3) is 3.41. The number of nitrogens with zero attached hydrogens (tertiary/aromatic N) is 3. The second-order valence-electron chi connectivity index (χ2n) is 7.40. The van der Waals surface area contributed by atoms with Crippen LogP contribution in [0.1, 0.15) is 21.5 Å². The summed E-state index contributed by atoms with van der Waals surface area (Å²) in [4.78, 5) is 20.5. The van der Waals surface area contributed by atoms with Crippen molar-refractivity contribution in [3.63, 3.8) is 0 Å². The fourth-order valence-corrected chi connectivity index (χ4v) is 3.68. The summed E-state index contributed by atoms with van der Waals surface area (Å²) in [5.41, 5.74) is 8.89. The molecule has 0 fully saturated rings. The number of fused-ring (bicyclic) bond motifs is 1. The van der Waals surface area contributed by atoms with Gasteiger partial charge in [-0.25, -0.2) is 0 Å². The Kier molecular flexibility index (Phi) is 4.74. The van der Waals surface area contributed by atoms with Crippen LogP contribution >= 0.6 is 0 Å². The van der Waals surface area contributed by atoms with E-state index in [-0.39, 0.29) is 4.59 Å². The van der Waals surface area contributed by atoms with Crippen LogP contribution in [0.5, 0.6) is 11.5 Å². The maximum atomic E-state index is 11.4. The maximum absolute atomic E-state index is 11.4. The normalized spacial score (nSPS) is 19.0. The Balaban J connectivity index is 1.50. The fourth-order valence-electron chi connectivity index (χ4n) is 3.68. The van der Waals surface area contributed by atoms with Crippen molar-refractivity contribution >= 4 is 23.7 Å². The molecule has 2 aliphatic heterocycles. The molecule has 2 aliphatic rings. The Morgan fingerprint density at radius 1 is 0.844 bits per heavy atom. The molecule has 3 aromatic rings. The summed E-state index contributed by atoms with van der Waals surface area (Å²) in [7, 11) is 0. The zero-order chi connectivity index (χ0) is 22.1. The molecule has 0 saturated carbocycles. The summed E-state index contributed by atoms with van der Waals surface area (Å²) in [5, 5.41) is 0. The van der Waals surface area contributed by atoms with E-state index >= 15 is 0 Å². The molecular formula is C25H20N5O2+. The van der Waals surface area contributed by atoms with Crippen LogP contribution < -0.4 is 16.3 Å². The lowest BCUT2D eigenvalue weighted by Gasteiger charge is -2.26. The quantitative estimate of drug-likeness (QED) is 0.481. The van der Waals surface area contributed by atoms with Crippen molar-refractivity contribution in [2.75, 3.05) is 0 Å². The molecule has 0 aromatic heterocycles. The van der Waals surface area contributed by atoms with Gasteiger partial charge >= 0.3 is 0 Å². The molecule has 0 radical (unpaired) electrons. The van der Waals surface area contributed by atoms with Gasteiger partial charge in [0.15, 0.2) is 0 Å². The zero-order valence-electron chi connectivity index (χ0n) is 17.1. The standard InChI is InChI=1S/C25H19N5O2/c26-24(31)18-8-6-17(7-9-18)23-22-16-28-14-15-30(22,27)25(29-23)19-10-12-21(13-11-19)32-20-4-2-1-3-5-20/h1-16H,27H2,(H-,26,31)/p+1. The van der Waals surface area contributed by atoms with Crippen molar-refractivity contribution in [2.24, 2.45) is 21.6 Å². The highest BCUT2D eigenvalue weighted by Crippen LogP contribution is 2.36. The summed E-state index contributed by atoms with van der Waals surface area (Å²) in [6.45, 7) is 0. The number of allylic oxidation sites excluding steroid dienone is 1. The van der Waals surface area contributed by atoms with Crippen molar-refractivity contribution in [1.29, 1.82) is 0 Å². The summed E-state index contributed by atoms with van der Waals surface area (Å²) in [5.74, 6) is 8.43. The molecule has 32 heavy (non-hydrogen) atoms. The van der Waals surface area contributed by atoms with Gasteiger partial charge in [0.25, 0.3) is 5.84 Å². The number of amides is 1. The number of carbonyl (C=O) groups excluding carboxylic acids is 1. The monoisotopic (exact) mass is 422 g/mol. The van der Waals surface area contributed by atoms with E-state index in [1.54, 1.807) is 30.7 Å². The minimum absolute atomic E-state index is 0.102. The number of quaternary nitrogens is 1. The number of hydrogen-bond acceptors (Lipinski definition) is 5. The molecule has 1 atom stereocenters. The number of nitrogens with two attached hydrogens (primary N) is 2. The lowest BCUT2D eigenvalue weighted by molar-refractivity contribution is -0.749. The lowest BCUT2D eigenvalue weighted by Crippen LogP contribution is -2.53. The molecule has 3 aromatic carbocycles. The van der Waals surface area contributed by atoms with Crippen molar-refractivity contribution in [2.45, 2.75) is 0 Å². The van der Waals surface area contributed by atoms with E-state index in [2.05, 4.69) is 4.99 Å². The van der Waals surface area contributed by atoms with Crippen LogP contribution in [-0.4, -0.2) is 22.5 Å². The van der Waals surface area contributed by atoms with Crippen molar-refractivity contribution in [3.8, 4) is 11.5 Å². The number of benzene rings is 3. The van der Waals surface area contributed by atoms with Crippen LogP contribution in [0.2, 0.25) is 0 Å². The van der Waals surface area contributed by atoms with Gasteiger partial charge in [0.1, 0.15) is 23.4 Å². The molecule has 7 nitrogen and oxygen atoms in total. The van der Waals surface area contributed by atoms with E-state index in [1.165, 1.54) is 0 Å². The highest BCUT2D eigenvalue weighted by molar-refractivity contribution is 6.06. The number of primary amides is 1. The number of aliphatic imine (C=N–C) groups is 2. The Hall–Kier alpha value is -4.33. The molecular weight excluding hydrogens is 402 g/mol. The minimum Gasteiger partial charge on any atom is -0.457 e. The number of ether oxygens (including phenoxy) is 1. The number of amidine groups is 1. The highest BCUT2D eigenvalue weighted by atomic mass is 16.5. The van der Waals surface area contributed by atoms with Gasteiger partial charge in [0, 0.05) is 11.1 Å². The van der Waals surface area contributed by atoms with Gasteiger partial charge in [-0.2, -0.15) is 10.8 Å². The third-order valence-corrected chi connectivity index (χ3v) is 5.33. The minimum atomic E-state index is -0.478. The Morgan fingerprint density at radius 3 is 2.19 bits per heavy atom. The molecule has 5 rings (SSSR count). The van der Waals surface area contributed by atoms with E-state index in [0.29, 0.717) is 22.8 Å². The van der Waals surface area contributed by atoms with Gasteiger partial charge in [-0.15, -0.1) is 4.59 Å². The predicted octanol–water partition coefficient (Wildman–Crippen LogP) is 3.95. The van der Waals surface area contributed by atoms with Crippen LogP contribution in [0.25, 0.3) is 5.70 Å². The van der Waals surface area contributed by atoms with E-state index in [0.717, 1.165) is 22.6 Å².